The lowest BCUT2D eigenvalue weighted by Gasteiger charge is -2.16. The van der Waals surface area contributed by atoms with Gasteiger partial charge in [0.1, 0.15) is 0 Å². The van der Waals surface area contributed by atoms with Crippen LogP contribution in [0.15, 0.2) is 22.7 Å². The van der Waals surface area contributed by atoms with Crippen LogP contribution in [0.3, 0.4) is 0 Å². The number of halogens is 1. The van der Waals surface area contributed by atoms with Gasteiger partial charge in [0, 0.05) is 5.56 Å². The zero-order chi connectivity index (χ0) is 14.0. The molecule has 1 heterocycles. The average molecular weight is 265 g/mol. The van der Waals surface area contributed by atoms with Gasteiger partial charge in [0.05, 0.1) is 12.6 Å². The average Bonchev–Trinajstić information content (AvgIpc) is 2.89. The van der Waals surface area contributed by atoms with Gasteiger partial charge >= 0.3 is 0 Å². The minimum Gasteiger partial charge on any atom is -0.494 e. The summed E-state index contributed by atoms with van der Waals surface area (Å²) < 4.78 is 23.4. The van der Waals surface area contributed by atoms with Crippen LogP contribution in [0.25, 0.3) is 11.5 Å². The molecule has 0 aliphatic carbocycles. The van der Waals surface area contributed by atoms with Gasteiger partial charge in [-0.15, -0.1) is 0 Å². The monoisotopic (exact) mass is 265 g/mol. The lowest BCUT2D eigenvalue weighted by atomic mass is 10.00. The van der Waals surface area contributed by atoms with Crippen molar-refractivity contribution in [2.75, 3.05) is 7.11 Å². The van der Waals surface area contributed by atoms with Crippen molar-refractivity contribution in [3.63, 3.8) is 0 Å². The summed E-state index contributed by atoms with van der Waals surface area (Å²) in [5.74, 6) is 0.401. The summed E-state index contributed by atoms with van der Waals surface area (Å²) in [7, 11) is 1.40. The predicted octanol–water partition coefficient (Wildman–Crippen LogP) is 2.47. The Balaban J connectivity index is 2.38. The first-order valence-electron chi connectivity index (χ1n) is 5.95. The molecule has 0 spiro atoms. The van der Waals surface area contributed by atoms with E-state index in [1.165, 1.54) is 19.2 Å². The summed E-state index contributed by atoms with van der Waals surface area (Å²) in [6.07, 6.45) is 0.679. The van der Waals surface area contributed by atoms with E-state index in [1.54, 1.807) is 6.07 Å². The minimum atomic E-state index is -0.647. The number of methoxy groups -OCH3 is 1. The zero-order valence-electron chi connectivity index (χ0n) is 11.1. The smallest absolute Gasteiger partial charge is 0.258 e. The molecule has 1 aromatic heterocycles. The van der Waals surface area contributed by atoms with Crippen LogP contribution < -0.4 is 10.5 Å². The molecule has 19 heavy (non-hydrogen) atoms. The van der Waals surface area contributed by atoms with Crippen LogP contribution in [0.2, 0.25) is 0 Å². The molecule has 0 radical (unpaired) electrons. The predicted molar refractivity (Wildman–Crippen MR) is 68.1 cm³/mol. The standard InChI is InChI=1S/C13H16FN3O2/c1-4-13(2,15)12-16-11(19-17-12)8-5-6-9(14)10(7-8)18-3/h5-7H,4,15H2,1-3H3. The first-order valence-corrected chi connectivity index (χ1v) is 5.95. The second-order valence-electron chi connectivity index (χ2n) is 4.54. The highest BCUT2D eigenvalue weighted by Gasteiger charge is 2.25. The molecule has 0 bridgehead atoms. The minimum absolute atomic E-state index is 0.128. The number of nitrogens with two attached hydrogens (primary N) is 1. The molecule has 0 aliphatic heterocycles. The molecule has 6 heteroatoms. The van der Waals surface area contributed by atoms with Gasteiger partial charge in [-0.05, 0) is 31.5 Å². The molecule has 2 rings (SSSR count). The fraction of sp³-hybridized carbons (Fsp3) is 0.385. The van der Waals surface area contributed by atoms with E-state index in [0.29, 0.717) is 23.7 Å². The summed E-state index contributed by atoms with van der Waals surface area (Å²) in [6.45, 7) is 3.77. The van der Waals surface area contributed by atoms with Gasteiger partial charge in [0.25, 0.3) is 5.89 Å². The summed E-state index contributed by atoms with van der Waals surface area (Å²) >= 11 is 0. The fourth-order valence-corrected chi connectivity index (χ4v) is 1.52. The van der Waals surface area contributed by atoms with Crippen molar-refractivity contribution in [3.05, 3.63) is 29.8 Å². The molecule has 0 saturated carbocycles. The topological polar surface area (TPSA) is 74.2 Å². The van der Waals surface area contributed by atoms with Crippen molar-refractivity contribution in [1.82, 2.24) is 10.1 Å². The van der Waals surface area contributed by atoms with Crippen molar-refractivity contribution >= 4 is 0 Å². The first kappa shape index (κ1) is 13.5. The van der Waals surface area contributed by atoms with Crippen LogP contribution in [0.4, 0.5) is 4.39 Å². The number of nitrogens with zero attached hydrogens (tertiary/aromatic N) is 2. The van der Waals surface area contributed by atoms with E-state index >= 15 is 0 Å². The van der Waals surface area contributed by atoms with Crippen LogP contribution in [0, 0.1) is 5.82 Å². The van der Waals surface area contributed by atoms with E-state index in [9.17, 15) is 4.39 Å². The maximum atomic E-state index is 13.3. The highest BCUT2D eigenvalue weighted by Crippen LogP contribution is 2.27. The molecule has 1 aromatic carbocycles. The summed E-state index contributed by atoms with van der Waals surface area (Å²) in [4.78, 5) is 4.25. The van der Waals surface area contributed by atoms with Crippen molar-refractivity contribution in [2.45, 2.75) is 25.8 Å². The fourth-order valence-electron chi connectivity index (χ4n) is 1.52. The maximum Gasteiger partial charge on any atom is 0.258 e. The molecule has 1 unspecified atom stereocenters. The van der Waals surface area contributed by atoms with Crippen molar-refractivity contribution < 1.29 is 13.7 Å². The van der Waals surface area contributed by atoms with E-state index in [2.05, 4.69) is 10.1 Å². The zero-order valence-corrected chi connectivity index (χ0v) is 11.1. The molecular weight excluding hydrogens is 249 g/mol. The highest BCUT2D eigenvalue weighted by atomic mass is 19.1. The Morgan fingerprint density at radius 1 is 1.47 bits per heavy atom. The Hall–Kier alpha value is -1.95. The lowest BCUT2D eigenvalue weighted by molar-refractivity contribution is 0.377. The molecule has 0 fully saturated rings. The third-order valence-electron chi connectivity index (χ3n) is 3.07. The molecule has 2 aromatic rings. The van der Waals surface area contributed by atoms with E-state index in [0.717, 1.165) is 0 Å². The van der Waals surface area contributed by atoms with Crippen molar-refractivity contribution in [3.8, 4) is 17.2 Å². The SMILES string of the molecule is CCC(C)(N)c1noc(-c2ccc(F)c(OC)c2)n1. The van der Waals surface area contributed by atoms with Gasteiger partial charge in [-0.25, -0.2) is 4.39 Å². The lowest BCUT2D eigenvalue weighted by Crippen LogP contribution is -2.33. The van der Waals surface area contributed by atoms with Gasteiger partial charge < -0.3 is 15.0 Å². The Bertz CT molecular complexity index is 581. The van der Waals surface area contributed by atoms with Crippen LogP contribution in [-0.4, -0.2) is 17.3 Å². The third-order valence-corrected chi connectivity index (χ3v) is 3.07. The van der Waals surface area contributed by atoms with Gasteiger partial charge in [-0.3, -0.25) is 0 Å². The third kappa shape index (κ3) is 2.58. The molecule has 0 aliphatic rings. The normalized spacial score (nSPS) is 14.2. The number of hydrogen-bond acceptors (Lipinski definition) is 5. The summed E-state index contributed by atoms with van der Waals surface area (Å²) in [5.41, 5.74) is 5.98. The van der Waals surface area contributed by atoms with Gasteiger partial charge in [-0.1, -0.05) is 12.1 Å². The quantitative estimate of drug-likeness (QED) is 0.919. The van der Waals surface area contributed by atoms with E-state index in [1.807, 2.05) is 13.8 Å². The molecule has 1 atom stereocenters. The summed E-state index contributed by atoms with van der Waals surface area (Å²) in [5, 5.41) is 3.87. The van der Waals surface area contributed by atoms with Gasteiger partial charge in [-0.2, -0.15) is 4.98 Å². The Labute approximate surface area is 110 Å². The van der Waals surface area contributed by atoms with Crippen LogP contribution in [0.1, 0.15) is 26.1 Å². The van der Waals surface area contributed by atoms with Crippen LogP contribution in [0.5, 0.6) is 5.75 Å². The van der Waals surface area contributed by atoms with E-state index in [-0.39, 0.29) is 5.75 Å². The van der Waals surface area contributed by atoms with E-state index < -0.39 is 11.4 Å². The maximum absolute atomic E-state index is 13.3. The molecule has 0 saturated heterocycles. The van der Waals surface area contributed by atoms with E-state index in [4.69, 9.17) is 15.0 Å². The molecular formula is C13H16FN3O2. The van der Waals surface area contributed by atoms with Gasteiger partial charge in [0.15, 0.2) is 17.4 Å². The number of rotatable bonds is 4. The summed E-state index contributed by atoms with van der Waals surface area (Å²) in [6, 6.07) is 4.35. The highest BCUT2D eigenvalue weighted by molar-refractivity contribution is 5.56. The number of benzene rings is 1. The van der Waals surface area contributed by atoms with Crippen molar-refractivity contribution in [2.24, 2.45) is 5.73 Å². The Morgan fingerprint density at radius 2 is 2.21 bits per heavy atom. The van der Waals surface area contributed by atoms with Crippen molar-refractivity contribution in [1.29, 1.82) is 0 Å². The first-order chi connectivity index (χ1) is 8.97. The molecule has 0 amide bonds. The Morgan fingerprint density at radius 3 is 2.84 bits per heavy atom. The van der Waals surface area contributed by atoms with Gasteiger partial charge in [0.2, 0.25) is 0 Å². The Kier molecular flexibility index (Phi) is 3.53. The van der Waals surface area contributed by atoms with Crippen LogP contribution >= 0.6 is 0 Å². The molecule has 5 nitrogen and oxygen atoms in total. The number of ether oxygens (including phenoxy) is 1. The second-order valence-corrected chi connectivity index (χ2v) is 4.54. The number of hydrogen-bond donors (Lipinski definition) is 1. The molecule has 102 valence electrons. The molecule has 2 N–H and O–H groups in total. The second kappa shape index (κ2) is 4.97. The number of aromatic nitrogens is 2. The van der Waals surface area contributed by atoms with Crippen LogP contribution in [-0.2, 0) is 5.54 Å². The largest absolute Gasteiger partial charge is 0.494 e.